The summed E-state index contributed by atoms with van der Waals surface area (Å²) in [5.74, 6) is 0.0409. The second-order valence-corrected chi connectivity index (χ2v) is 8.16. The van der Waals surface area contributed by atoms with E-state index < -0.39 is 0 Å². The minimum absolute atomic E-state index is 0.0409. The first-order valence-electron chi connectivity index (χ1n) is 9.81. The third kappa shape index (κ3) is 4.91. The van der Waals surface area contributed by atoms with E-state index in [0.717, 1.165) is 28.8 Å². The average molecular weight is 434 g/mol. The first-order chi connectivity index (χ1) is 14.6. The van der Waals surface area contributed by atoms with E-state index in [2.05, 4.69) is 17.0 Å². The fraction of sp³-hybridized carbons (Fsp3) is 0.115. The van der Waals surface area contributed by atoms with Crippen molar-refractivity contribution in [2.75, 3.05) is 13.1 Å². The second-order valence-electron chi connectivity index (χ2n) is 7.34. The van der Waals surface area contributed by atoms with E-state index in [0.29, 0.717) is 23.1 Å². The van der Waals surface area contributed by atoms with Crippen LogP contribution in [0.15, 0.2) is 90.0 Å². The van der Waals surface area contributed by atoms with Gasteiger partial charge in [-0.2, -0.15) is 0 Å². The van der Waals surface area contributed by atoms with Crippen molar-refractivity contribution in [2.45, 2.75) is 6.54 Å². The summed E-state index contributed by atoms with van der Waals surface area (Å²) < 4.78 is 0. The molecule has 0 atom stereocenters. The quantitative estimate of drug-likeness (QED) is 0.435. The summed E-state index contributed by atoms with van der Waals surface area (Å²) in [7, 11) is 0. The fourth-order valence-corrected chi connectivity index (χ4v) is 4.00. The van der Waals surface area contributed by atoms with Crippen molar-refractivity contribution < 1.29 is 4.79 Å². The normalized spacial score (nSPS) is 17.6. The molecule has 3 aromatic rings. The molecule has 0 aromatic heterocycles. The molecule has 3 aromatic carbocycles. The Morgan fingerprint density at radius 1 is 0.700 bits per heavy atom. The lowest BCUT2D eigenvalue weighted by molar-refractivity contribution is -0.113. The van der Waals surface area contributed by atoms with Gasteiger partial charge in [0.25, 0.3) is 0 Å². The first-order valence-corrected chi connectivity index (χ1v) is 10.6. The number of Topliss-reactive ketones (excluding diaryl/α,β-unsaturated/α-hetero) is 1. The lowest BCUT2D eigenvalue weighted by Crippen LogP contribution is -2.37. The molecule has 0 spiro atoms. The number of halogens is 2. The lowest BCUT2D eigenvalue weighted by Gasteiger charge is -2.30. The van der Waals surface area contributed by atoms with Crippen molar-refractivity contribution >= 4 is 41.1 Å². The van der Waals surface area contributed by atoms with Gasteiger partial charge in [-0.25, -0.2) is 0 Å². The molecule has 1 heterocycles. The third-order valence-corrected chi connectivity index (χ3v) is 5.78. The maximum atomic E-state index is 13.3. The van der Waals surface area contributed by atoms with Crippen LogP contribution in [-0.2, 0) is 11.3 Å². The monoisotopic (exact) mass is 433 g/mol. The molecule has 0 saturated carbocycles. The highest BCUT2D eigenvalue weighted by atomic mass is 35.5. The van der Waals surface area contributed by atoms with Gasteiger partial charge in [0.2, 0.25) is 0 Å². The van der Waals surface area contributed by atoms with Crippen LogP contribution in [0.1, 0.15) is 16.7 Å². The van der Waals surface area contributed by atoms with Gasteiger partial charge in [-0.1, -0.05) is 89.9 Å². The SMILES string of the molecule is O=C1C(=Cc2ccccc2Cl)CN(Cc2ccccc2)CC1=Cc1ccccc1Cl. The molecule has 1 aliphatic rings. The molecule has 1 fully saturated rings. The zero-order valence-electron chi connectivity index (χ0n) is 16.4. The smallest absolute Gasteiger partial charge is 0.187 e. The molecule has 150 valence electrons. The topological polar surface area (TPSA) is 20.3 Å². The van der Waals surface area contributed by atoms with Crippen molar-refractivity contribution in [3.63, 3.8) is 0 Å². The Kier molecular flexibility index (Phi) is 6.49. The van der Waals surface area contributed by atoms with E-state index in [-0.39, 0.29) is 5.78 Å². The van der Waals surface area contributed by atoms with Gasteiger partial charge >= 0.3 is 0 Å². The van der Waals surface area contributed by atoms with E-state index in [4.69, 9.17) is 23.2 Å². The van der Waals surface area contributed by atoms with Gasteiger partial charge in [0, 0.05) is 40.8 Å². The molecule has 1 saturated heterocycles. The second kappa shape index (κ2) is 9.44. The van der Waals surface area contributed by atoms with Crippen LogP contribution in [0.25, 0.3) is 12.2 Å². The van der Waals surface area contributed by atoms with Crippen LogP contribution >= 0.6 is 23.2 Å². The Morgan fingerprint density at radius 2 is 1.17 bits per heavy atom. The standard InChI is InChI=1S/C26H21Cl2NO/c27-24-12-6-4-10-20(24)14-22-17-29(16-19-8-2-1-3-9-19)18-23(26(22)30)15-21-11-5-7-13-25(21)28/h1-15H,16-18H2. The largest absolute Gasteiger partial charge is 0.290 e. The summed E-state index contributed by atoms with van der Waals surface area (Å²) in [5, 5.41) is 1.27. The molecule has 0 radical (unpaired) electrons. The number of ketones is 1. The van der Waals surface area contributed by atoms with Crippen LogP contribution in [0.5, 0.6) is 0 Å². The minimum atomic E-state index is 0.0409. The van der Waals surface area contributed by atoms with Crippen LogP contribution in [-0.4, -0.2) is 23.8 Å². The number of hydrogen-bond acceptors (Lipinski definition) is 2. The van der Waals surface area contributed by atoms with Gasteiger partial charge in [0.1, 0.15) is 0 Å². The molecule has 30 heavy (non-hydrogen) atoms. The summed E-state index contributed by atoms with van der Waals surface area (Å²) in [6.07, 6.45) is 3.81. The Morgan fingerprint density at radius 3 is 1.67 bits per heavy atom. The molecule has 2 nitrogen and oxygen atoms in total. The van der Waals surface area contributed by atoms with Crippen molar-refractivity contribution in [1.29, 1.82) is 0 Å². The van der Waals surface area contributed by atoms with Gasteiger partial charge in [-0.3, -0.25) is 9.69 Å². The predicted octanol–water partition coefficient (Wildman–Crippen LogP) is 6.55. The molecule has 0 amide bonds. The number of nitrogens with zero attached hydrogens (tertiary/aromatic N) is 1. The molecular weight excluding hydrogens is 413 g/mol. The third-order valence-electron chi connectivity index (χ3n) is 5.09. The van der Waals surface area contributed by atoms with E-state index >= 15 is 0 Å². The van der Waals surface area contributed by atoms with Crippen molar-refractivity contribution in [2.24, 2.45) is 0 Å². The van der Waals surface area contributed by atoms with Crippen LogP contribution in [0, 0.1) is 0 Å². The summed E-state index contributed by atoms with van der Waals surface area (Å²) in [4.78, 5) is 15.6. The Hall–Kier alpha value is -2.65. The summed E-state index contributed by atoms with van der Waals surface area (Å²) in [6.45, 7) is 1.89. The van der Waals surface area contributed by atoms with Gasteiger partial charge in [-0.05, 0) is 41.0 Å². The van der Waals surface area contributed by atoms with Crippen molar-refractivity contribution in [1.82, 2.24) is 4.90 Å². The highest BCUT2D eigenvalue weighted by molar-refractivity contribution is 6.33. The number of piperidine rings is 1. The molecule has 0 N–H and O–H groups in total. The summed E-state index contributed by atoms with van der Waals surface area (Å²) in [6, 6.07) is 25.4. The van der Waals surface area contributed by atoms with Crippen molar-refractivity contribution in [3.05, 3.63) is 117 Å². The number of carbonyl (C=O) groups is 1. The maximum Gasteiger partial charge on any atom is 0.187 e. The zero-order valence-corrected chi connectivity index (χ0v) is 17.9. The molecule has 1 aliphatic heterocycles. The fourth-order valence-electron chi connectivity index (χ4n) is 3.62. The van der Waals surface area contributed by atoms with Gasteiger partial charge in [0.05, 0.1) is 0 Å². The van der Waals surface area contributed by atoms with E-state index in [1.54, 1.807) is 0 Å². The van der Waals surface area contributed by atoms with Gasteiger partial charge < -0.3 is 0 Å². The van der Waals surface area contributed by atoms with Gasteiger partial charge in [-0.15, -0.1) is 0 Å². The first kappa shape index (κ1) is 20.6. The zero-order chi connectivity index (χ0) is 20.9. The highest BCUT2D eigenvalue weighted by Crippen LogP contribution is 2.27. The Bertz CT molecular complexity index is 1050. The highest BCUT2D eigenvalue weighted by Gasteiger charge is 2.26. The number of carbonyl (C=O) groups excluding carboxylic acids is 1. The molecule has 0 aliphatic carbocycles. The maximum absolute atomic E-state index is 13.3. The van der Waals surface area contributed by atoms with E-state index in [1.165, 1.54) is 5.56 Å². The predicted molar refractivity (Wildman–Crippen MR) is 126 cm³/mol. The van der Waals surface area contributed by atoms with Gasteiger partial charge in [0.15, 0.2) is 5.78 Å². The number of benzene rings is 3. The summed E-state index contributed by atoms with van der Waals surface area (Å²) >= 11 is 12.7. The number of hydrogen-bond donors (Lipinski definition) is 0. The van der Waals surface area contributed by atoms with Crippen molar-refractivity contribution in [3.8, 4) is 0 Å². The van der Waals surface area contributed by atoms with Crippen LogP contribution in [0.2, 0.25) is 10.0 Å². The molecule has 4 rings (SSSR count). The summed E-state index contributed by atoms with van der Waals surface area (Å²) in [5.41, 5.74) is 4.36. The van der Waals surface area contributed by atoms with Crippen LogP contribution in [0.3, 0.4) is 0 Å². The Balaban J connectivity index is 1.71. The van der Waals surface area contributed by atoms with E-state index in [9.17, 15) is 4.79 Å². The molecule has 4 heteroatoms. The Labute approximate surface area is 187 Å². The minimum Gasteiger partial charge on any atom is -0.290 e. The molecule has 0 unspecified atom stereocenters. The molecular formula is C26H21Cl2NO. The van der Waals surface area contributed by atoms with E-state index in [1.807, 2.05) is 78.9 Å². The number of likely N-dealkylation sites (tertiary alicyclic amines) is 1. The molecule has 0 bridgehead atoms. The number of rotatable bonds is 4. The van der Waals surface area contributed by atoms with Crippen LogP contribution in [0.4, 0.5) is 0 Å². The lowest BCUT2D eigenvalue weighted by atomic mass is 9.94. The average Bonchev–Trinajstić information content (AvgIpc) is 2.75. The van der Waals surface area contributed by atoms with Crippen LogP contribution < -0.4 is 0 Å².